The number of carbonyl (C=O) groups is 1. The average Bonchev–Trinajstić information content (AvgIpc) is 2.99. The third-order valence-corrected chi connectivity index (χ3v) is 3.34. The van der Waals surface area contributed by atoms with Gasteiger partial charge in [0.15, 0.2) is 0 Å². The van der Waals surface area contributed by atoms with Gasteiger partial charge < -0.3 is 15.2 Å². The van der Waals surface area contributed by atoms with Gasteiger partial charge in [-0.2, -0.15) is 0 Å². The number of alkyl halides is 2. The Kier molecular flexibility index (Phi) is 4.90. The first-order valence-electron chi connectivity index (χ1n) is 6.61. The summed E-state index contributed by atoms with van der Waals surface area (Å²) in [6.45, 7) is 1.16. The largest absolute Gasteiger partial charge is 0.351 e. The Hall–Kier alpha value is -1.43. The molecule has 0 aliphatic carbocycles. The van der Waals surface area contributed by atoms with Crippen LogP contribution in [0, 0.1) is 0 Å². The zero-order chi connectivity index (χ0) is 13.7. The number of amides is 1. The van der Waals surface area contributed by atoms with E-state index >= 15 is 0 Å². The molecule has 1 aromatic rings. The summed E-state index contributed by atoms with van der Waals surface area (Å²) >= 11 is 0. The molecule has 0 bridgehead atoms. The SMILES string of the molecule is O=C(NCC[C@H]1CCCN1)c1cccn1CC(F)F. The van der Waals surface area contributed by atoms with E-state index in [9.17, 15) is 13.6 Å². The van der Waals surface area contributed by atoms with Crippen LogP contribution in [0.5, 0.6) is 0 Å². The van der Waals surface area contributed by atoms with Gasteiger partial charge in [0.1, 0.15) is 5.69 Å². The Morgan fingerprint density at radius 1 is 1.58 bits per heavy atom. The summed E-state index contributed by atoms with van der Waals surface area (Å²) in [6.07, 6.45) is 2.23. The van der Waals surface area contributed by atoms with E-state index in [4.69, 9.17) is 0 Å². The predicted octanol–water partition coefficient (Wildman–Crippen LogP) is 1.63. The van der Waals surface area contributed by atoms with Crippen molar-refractivity contribution in [2.45, 2.75) is 38.3 Å². The lowest BCUT2D eigenvalue weighted by Crippen LogP contribution is -2.31. The van der Waals surface area contributed by atoms with E-state index in [2.05, 4.69) is 10.6 Å². The van der Waals surface area contributed by atoms with E-state index in [0.717, 1.165) is 19.4 Å². The molecular formula is C13H19F2N3O. The van der Waals surface area contributed by atoms with E-state index in [0.29, 0.717) is 18.3 Å². The van der Waals surface area contributed by atoms with Crippen molar-refractivity contribution < 1.29 is 13.6 Å². The highest BCUT2D eigenvalue weighted by Crippen LogP contribution is 2.09. The summed E-state index contributed by atoms with van der Waals surface area (Å²) in [4.78, 5) is 11.9. The molecule has 6 heteroatoms. The van der Waals surface area contributed by atoms with E-state index in [1.165, 1.54) is 17.2 Å². The number of halogens is 2. The minimum absolute atomic E-state index is 0.288. The summed E-state index contributed by atoms with van der Waals surface area (Å²) in [5.41, 5.74) is 0.291. The molecule has 1 aromatic heterocycles. The minimum Gasteiger partial charge on any atom is -0.351 e. The fraction of sp³-hybridized carbons (Fsp3) is 0.615. The zero-order valence-electron chi connectivity index (χ0n) is 10.7. The fourth-order valence-corrected chi connectivity index (χ4v) is 2.38. The van der Waals surface area contributed by atoms with Gasteiger partial charge in [0.2, 0.25) is 0 Å². The first kappa shape index (κ1) is 14.0. The molecule has 1 aliphatic heterocycles. The standard InChI is InChI=1S/C13H19F2N3O/c14-12(15)9-18-8-2-4-11(18)13(19)17-7-5-10-3-1-6-16-10/h2,4,8,10,12,16H,1,3,5-7,9H2,(H,17,19)/t10-/m1/s1. The van der Waals surface area contributed by atoms with E-state index < -0.39 is 13.0 Å². The van der Waals surface area contributed by atoms with Crippen LogP contribution in [0.25, 0.3) is 0 Å². The van der Waals surface area contributed by atoms with Gasteiger partial charge in [-0.1, -0.05) is 0 Å². The molecule has 1 saturated heterocycles. The molecule has 1 amide bonds. The normalized spacial score (nSPS) is 19.0. The molecule has 0 radical (unpaired) electrons. The third-order valence-electron chi connectivity index (χ3n) is 3.34. The average molecular weight is 271 g/mol. The van der Waals surface area contributed by atoms with Crippen LogP contribution in [-0.2, 0) is 6.54 Å². The van der Waals surface area contributed by atoms with Crippen molar-refractivity contribution in [3.63, 3.8) is 0 Å². The van der Waals surface area contributed by atoms with Crippen molar-refractivity contribution in [3.05, 3.63) is 24.0 Å². The lowest BCUT2D eigenvalue weighted by atomic mass is 10.1. The molecule has 2 rings (SSSR count). The van der Waals surface area contributed by atoms with Crippen molar-refractivity contribution in [1.29, 1.82) is 0 Å². The third kappa shape index (κ3) is 4.02. The van der Waals surface area contributed by atoms with Crippen molar-refractivity contribution in [3.8, 4) is 0 Å². The van der Waals surface area contributed by atoms with Gasteiger partial charge in [-0.15, -0.1) is 0 Å². The molecule has 19 heavy (non-hydrogen) atoms. The number of rotatable bonds is 6. The summed E-state index contributed by atoms with van der Waals surface area (Å²) in [7, 11) is 0. The minimum atomic E-state index is -2.46. The van der Waals surface area contributed by atoms with Crippen LogP contribution in [0.2, 0.25) is 0 Å². The van der Waals surface area contributed by atoms with E-state index in [-0.39, 0.29) is 5.91 Å². The van der Waals surface area contributed by atoms with Gasteiger partial charge in [-0.05, 0) is 37.9 Å². The second-order valence-electron chi connectivity index (χ2n) is 4.77. The Balaban J connectivity index is 1.80. The molecular weight excluding hydrogens is 252 g/mol. The lowest BCUT2D eigenvalue weighted by Gasteiger charge is -2.12. The van der Waals surface area contributed by atoms with Gasteiger partial charge in [0.05, 0.1) is 6.54 Å². The fourth-order valence-electron chi connectivity index (χ4n) is 2.38. The van der Waals surface area contributed by atoms with Crippen molar-refractivity contribution in [2.24, 2.45) is 0 Å². The Morgan fingerprint density at radius 3 is 3.11 bits per heavy atom. The molecule has 1 fully saturated rings. The van der Waals surface area contributed by atoms with Gasteiger partial charge in [0.25, 0.3) is 12.3 Å². The second kappa shape index (κ2) is 6.65. The summed E-state index contributed by atoms with van der Waals surface area (Å²) in [6, 6.07) is 3.63. The molecule has 4 nitrogen and oxygen atoms in total. The van der Waals surface area contributed by atoms with Crippen LogP contribution in [0.3, 0.4) is 0 Å². The number of hydrogen-bond acceptors (Lipinski definition) is 2. The molecule has 0 aromatic carbocycles. The first-order valence-corrected chi connectivity index (χ1v) is 6.61. The van der Waals surface area contributed by atoms with Crippen LogP contribution in [0.1, 0.15) is 29.8 Å². The maximum atomic E-state index is 12.3. The molecule has 2 heterocycles. The number of hydrogen-bond donors (Lipinski definition) is 2. The maximum Gasteiger partial charge on any atom is 0.267 e. The Morgan fingerprint density at radius 2 is 2.42 bits per heavy atom. The molecule has 0 unspecified atom stereocenters. The van der Waals surface area contributed by atoms with Crippen molar-refractivity contribution in [1.82, 2.24) is 15.2 Å². The van der Waals surface area contributed by atoms with Crippen LogP contribution in [-0.4, -0.2) is 36.0 Å². The molecule has 0 spiro atoms. The second-order valence-corrected chi connectivity index (χ2v) is 4.77. The summed E-state index contributed by atoms with van der Waals surface area (Å²) < 4.78 is 26.0. The monoisotopic (exact) mass is 271 g/mol. The lowest BCUT2D eigenvalue weighted by molar-refractivity contribution is 0.0929. The van der Waals surface area contributed by atoms with Gasteiger partial charge in [0, 0.05) is 18.8 Å². The first-order chi connectivity index (χ1) is 9.16. The smallest absolute Gasteiger partial charge is 0.267 e. The van der Waals surface area contributed by atoms with Gasteiger partial charge in [-0.3, -0.25) is 4.79 Å². The number of nitrogens with zero attached hydrogens (tertiary/aromatic N) is 1. The number of nitrogens with one attached hydrogen (secondary N) is 2. The van der Waals surface area contributed by atoms with Gasteiger partial charge in [-0.25, -0.2) is 8.78 Å². The van der Waals surface area contributed by atoms with E-state index in [1.54, 1.807) is 12.1 Å². The number of carbonyl (C=O) groups excluding carboxylic acids is 1. The highest BCUT2D eigenvalue weighted by atomic mass is 19.3. The molecule has 1 atom stereocenters. The summed E-state index contributed by atoms with van der Waals surface area (Å²) in [5.74, 6) is -0.288. The summed E-state index contributed by atoms with van der Waals surface area (Å²) in [5, 5.41) is 6.13. The topological polar surface area (TPSA) is 46.1 Å². The van der Waals surface area contributed by atoms with Crippen LogP contribution < -0.4 is 10.6 Å². The highest BCUT2D eigenvalue weighted by molar-refractivity contribution is 5.92. The van der Waals surface area contributed by atoms with E-state index in [1.807, 2.05) is 0 Å². The zero-order valence-corrected chi connectivity index (χ0v) is 10.7. The Bertz CT molecular complexity index is 414. The van der Waals surface area contributed by atoms with Crippen molar-refractivity contribution >= 4 is 5.91 Å². The van der Waals surface area contributed by atoms with Crippen LogP contribution in [0.15, 0.2) is 18.3 Å². The molecule has 106 valence electrons. The predicted molar refractivity (Wildman–Crippen MR) is 68.4 cm³/mol. The Labute approximate surface area is 111 Å². The quantitative estimate of drug-likeness (QED) is 0.826. The maximum absolute atomic E-state index is 12.3. The van der Waals surface area contributed by atoms with Crippen LogP contribution in [0.4, 0.5) is 8.78 Å². The molecule has 1 aliphatic rings. The highest BCUT2D eigenvalue weighted by Gasteiger charge is 2.16. The van der Waals surface area contributed by atoms with Gasteiger partial charge >= 0.3 is 0 Å². The molecule has 2 N–H and O–H groups in total. The van der Waals surface area contributed by atoms with Crippen LogP contribution >= 0.6 is 0 Å². The van der Waals surface area contributed by atoms with Crippen molar-refractivity contribution in [2.75, 3.05) is 13.1 Å². The molecule has 0 saturated carbocycles. The number of aromatic nitrogens is 1.